The van der Waals surface area contributed by atoms with Crippen LogP contribution < -0.4 is 10.6 Å². The smallest absolute Gasteiger partial charge is 0.280 e. The van der Waals surface area contributed by atoms with E-state index >= 15 is 0 Å². The fourth-order valence-corrected chi connectivity index (χ4v) is 5.99. The van der Waals surface area contributed by atoms with Gasteiger partial charge in [0, 0.05) is 53.4 Å². The average molecular weight is 567 g/mol. The summed E-state index contributed by atoms with van der Waals surface area (Å²) in [4.78, 5) is 50.8. The Morgan fingerprint density at radius 2 is 1.97 bits per heavy atom. The van der Waals surface area contributed by atoms with E-state index in [9.17, 15) is 19.5 Å². The molecule has 2 aromatic heterocycles. The SMILES string of the molecule is CN1CCc2nc(C(=O)N[C@@H]3CN(C(=O)CO)CC[C@@H]3NC(=O)c3cc4cc(Cl)ccc4[nH]3)sc2C1.Cl. The number of amides is 3. The van der Waals surface area contributed by atoms with Crippen molar-refractivity contribution >= 4 is 64.0 Å². The Morgan fingerprint density at radius 3 is 2.76 bits per heavy atom. The number of rotatable bonds is 5. The lowest BCUT2D eigenvalue weighted by Gasteiger charge is -2.38. The van der Waals surface area contributed by atoms with Gasteiger partial charge in [-0.05, 0) is 37.7 Å². The maximum Gasteiger partial charge on any atom is 0.280 e. The van der Waals surface area contributed by atoms with Gasteiger partial charge in [0.2, 0.25) is 5.91 Å². The van der Waals surface area contributed by atoms with Gasteiger partial charge in [0.05, 0.1) is 17.8 Å². The Balaban J connectivity index is 0.00000320. The lowest BCUT2D eigenvalue weighted by Crippen LogP contribution is -2.61. The fourth-order valence-electron chi connectivity index (χ4n) is 4.72. The van der Waals surface area contributed by atoms with Gasteiger partial charge in [-0.3, -0.25) is 14.4 Å². The Hall–Kier alpha value is -2.70. The van der Waals surface area contributed by atoms with E-state index in [1.807, 2.05) is 13.1 Å². The van der Waals surface area contributed by atoms with Crippen LogP contribution in [-0.2, 0) is 17.8 Å². The van der Waals surface area contributed by atoms with E-state index in [0.29, 0.717) is 28.7 Å². The molecule has 2 aliphatic rings. The van der Waals surface area contributed by atoms with Crippen molar-refractivity contribution in [1.29, 1.82) is 0 Å². The summed E-state index contributed by atoms with van der Waals surface area (Å²) in [6.07, 6.45) is 1.22. The van der Waals surface area contributed by atoms with Crippen LogP contribution in [0.2, 0.25) is 5.02 Å². The average Bonchev–Trinajstić information content (AvgIpc) is 3.48. The highest BCUT2D eigenvalue weighted by atomic mass is 35.5. The van der Waals surface area contributed by atoms with E-state index in [1.54, 1.807) is 18.2 Å². The summed E-state index contributed by atoms with van der Waals surface area (Å²) in [5.41, 5.74) is 2.12. The second-order valence-electron chi connectivity index (χ2n) is 9.24. The van der Waals surface area contributed by atoms with Gasteiger partial charge in [0.1, 0.15) is 12.3 Å². The summed E-state index contributed by atoms with van der Waals surface area (Å²) in [6, 6.07) is 6.09. The third-order valence-corrected chi connectivity index (χ3v) is 7.99. The highest BCUT2D eigenvalue weighted by Crippen LogP contribution is 2.25. The van der Waals surface area contributed by atoms with Crippen molar-refractivity contribution in [3.8, 4) is 0 Å². The maximum absolute atomic E-state index is 13.1. The molecule has 13 heteroatoms. The normalized spacial score (nSPS) is 19.7. The van der Waals surface area contributed by atoms with Gasteiger partial charge in [-0.25, -0.2) is 4.98 Å². The molecule has 1 saturated heterocycles. The number of carbonyl (C=O) groups is 3. The molecule has 10 nitrogen and oxygen atoms in total. The predicted molar refractivity (Wildman–Crippen MR) is 143 cm³/mol. The number of carbonyl (C=O) groups excluding carboxylic acids is 3. The van der Waals surface area contributed by atoms with Crippen molar-refractivity contribution < 1.29 is 19.5 Å². The number of hydrogen-bond acceptors (Lipinski definition) is 7. The third-order valence-electron chi connectivity index (χ3n) is 6.68. The van der Waals surface area contributed by atoms with Crippen LogP contribution in [0, 0.1) is 0 Å². The van der Waals surface area contributed by atoms with Crippen LogP contribution in [0.4, 0.5) is 0 Å². The second-order valence-corrected chi connectivity index (χ2v) is 10.8. The van der Waals surface area contributed by atoms with Gasteiger partial charge in [-0.1, -0.05) is 11.6 Å². The first-order valence-electron chi connectivity index (χ1n) is 11.8. The molecular formula is C24H28Cl2N6O4S. The Labute approximate surface area is 228 Å². The molecule has 4 heterocycles. The number of halogens is 2. The molecule has 4 N–H and O–H groups in total. The number of likely N-dealkylation sites (N-methyl/N-ethyl adjacent to an activating group) is 1. The largest absolute Gasteiger partial charge is 0.387 e. The minimum absolute atomic E-state index is 0. The molecular weight excluding hydrogens is 539 g/mol. The Morgan fingerprint density at radius 1 is 1.19 bits per heavy atom. The van der Waals surface area contributed by atoms with Crippen molar-refractivity contribution in [1.82, 2.24) is 30.4 Å². The van der Waals surface area contributed by atoms with Gasteiger partial charge < -0.3 is 30.5 Å². The summed E-state index contributed by atoms with van der Waals surface area (Å²) in [5.74, 6) is -1.07. The molecule has 2 aliphatic heterocycles. The van der Waals surface area contributed by atoms with E-state index in [1.165, 1.54) is 16.2 Å². The molecule has 2 atom stereocenters. The second kappa shape index (κ2) is 11.4. The molecule has 198 valence electrons. The number of fused-ring (bicyclic) bond motifs is 2. The molecule has 37 heavy (non-hydrogen) atoms. The summed E-state index contributed by atoms with van der Waals surface area (Å²) >= 11 is 7.44. The van der Waals surface area contributed by atoms with Gasteiger partial charge >= 0.3 is 0 Å². The zero-order chi connectivity index (χ0) is 25.4. The monoisotopic (exact) mass is 566 g/mol. The Bertz CT molecular complexity index is 1330. The topological polar surface area (TPSA) is 131 Å². The zero-order valence-corrected chi connectivity index (χ0v) is 22.5. The van der Waals surface area contributed by atoms with Crippen molar-refractivity contribution in [2.75, 3.05) is 33.3 Å². The van der Waals surface area contributed by atoms with E-state index in [2.05, 4.69) is 25.5 Å². The molecule has 1 fully saturated rings. The molecule has 3 aromatic rings. The molecule has 5 rings (SSSR count). The standard InChI is InChI=1S/C24H27ClN6O4S.ClH/c1-30-6-4-17-20(11-30)36-24(29-17)23(35)28-19-10-31(21(33)12-32)7-5-16(19)27-22(34)18-9-13-8-14(25)2-3-15(13)26-18;/h2-3,8-9,16,19,26,32H,4-7,10-12H2,1H3,(H,27,34)(H,28,35);1H/t16-,19+;/m0./s1. The number of nitrogens with one attached hydrogen (secondary N) is 3. The van der Waals surface area contributed by atoms with Gasteiger partial charge in [-0.2, -0.15) is 0 Å². The quantitative estimate of drug-likeness (QED) is 0.372. The molecule has 0 aliphatic carbocycles. The number of likely N-dealkylation sites (tertiary alicyclic amines) is 1. The molecule has 0 saturated carbocycles. The van der Waals surface area contributed by atoms with Crippen molar-refractivity contribution in [3.63, 3.8) is 0 Å². The van der Waals surface area contributed by atoms with E-state index < -0.39 is 24.6 Å². The van der Waals surface area contributed by atoms with Gasteiger partial charge in [0.25, 0.3) is 11.8 Å². The maximum atomic E-state index is 13.1. The first-order valence-corrected chi connectivity index (χ1v) is 13.0. The highest BCUT2D eigenvalue weighted by Gasteiger charge is 2.34. The number of piperidine rings is 1. The van der Waals surface area contributed by atoms with Crippen LogP contribution in [0.15, 0.2) is 24.3 Å². The predicted octanol–water partition coefficient (Wildman–Crippen LogP) is 1.81. The highest BCUT2D eigenvalue weighted by molar-refractivity contribution is 7.13. The summed E-state index contributed by atoms with van der Waals surface area (Å²) in [5, 5.41) is 17.1. The number of aliphatic hydroxyl groups is 1. The zero-order valence-electron chi connectivity index (χ0n) is 20.1. The lowest BCUT2D eigenvalue weighted by atomic mass is 9.98. The number of benzene rings is 1. The minimum Gasteiger partial charge on any atom is -0.387 e. The Kier molecular flexibility index (Phi) is 8.39. The van der Waals surface area contributed by atoms with E-state index in [4.69, 9.17) is 11.6 Å². The molecule has 0 radical (unpaired) electrons. The number of hydrogen-bond donors (Lipinski definition) is 4. The molecule has 1 aromatic carbocycles. The van der Waals surface area contributed by atoms with E-state index in [-0.39, 0.29) is 30.8 Å². The van der Waals surface area contributed by atoms with Crippen LogP contribution in [0.1, 0.15) is 37.3 Å². The van der Waals surface area contributed by atoms with Crippen molar-refractivity contribution in [3.05, 3.63) is 50.6 Å². The lowest BCUT2D eigenvalue weighted by molar-refractivity contribution is -0.135. The third kappa shape index (κ3) is 5.91. The minimum atomic E-state index is -0.609. The fraction of sp³-hybridized carbons (Fsp3) is 0.417. The number of nitrogens with zero attached hydrogens (tertiary/aromatic N) is 3. The van der Waals surface area contributed by atoms with Crippen LogP contribution in [0.3, 0.4) is 0 Å². The molecule has 0 spiro atoms. The van der Waals surface area contributed by atoms with Crippen LogP contribution in [0.5, 0.6) is 0 Å². The summed E-state index contributed by atoms with van der Waals surface area (Å²) in [7, 11) is 2.03. The molecule has 3 amide bonds. The van der Waals surface area contributed by atoms with Crippen LogP contribution in [-0.4, -0.2) is 88.0 Å². The van der Waals surface area contributed by atoms with Crippen LogP contribution in [0.25, 0.3) is 10.9 Å². The summed E-state index contributed by atoms with van der Waals surface area (Å²) in [6.45, 7) is 1.58. The molecule has 0 bridgehead atoms. The van der Waals surface area contributed by atoms with Crippen molar-refractivity contribution in [2.24, 2.45) is 0 Å². The number of H-pyrrole nitrogens is 1. The summed E-state index contributed by atoms with van der Waals surface area (Å²) < 4.78 is 0. The number of aromatic amines is 1. The number of thiazole rings is 1. The number of aliphatic hydroxyl groups excluding tert-OH is 1. The van der Waals surface area contributed by atoms with Crippen LogP contribution >= 0.6 is 35.3 Å². The van der Waals surface area contributed by atoms with E-state index in [0.717, 1.165) is 41.0 Å². The molecule has 0 unspecified atom stereocenters. The van der Waals surface area contributed by atoms with Gasteiger partial charge in [0.15, 0.2) is 5.01 Å². The first kappa shape index (κ1) is 27.3. The number of aromatic nitrogens is 2. The first-order chi connectivity index (χ1) is 17.3. The van der Waals surface area contributed by atoms with Crippen molar-refractivity contribution in [2.45, 2.75) is 31.5 Å². The van der Waals surface area contributed by atoms with Gasteiger partial charge in [-0.15, -0.1) is 23.7 Å².